The van der Waals surface area contributed by atoms with Gasteiger partial charge in [0.25, 0.3) is 0 Å². The van der Waals surface area contributed by atoms with Crippen molar-refractivity contribution in [3.8, 4) is 0 Å². The number of carbonyl (C=O) groups is 1. The molecule has 4 N–H and O–H groups in total. The summed E-state index contributed by atoms with van der Waals surface area (Å²) in [6.45, 7) is 3.06. The molecule has 0 spiro atoms. The van der Waals surface area contributed by atoms with Crippen LogP contribution < -0.4 is 11.5 Å². The summed E-state index contributed by atoms with van der Waals surface area (Å²) >= 11 is 0. The van der Waals surface area contributed by atoms with E-state index in [1.165, 1.54) is 13.8 Å². The van der Waals surface area contributed by atoms with Gasteiger partial charge in [0, 0.05) is 37.2 Å². The van der Waals surface area contributed by atoms with Crippen LogP contribution in [-0.2, 0) is 32.9 Å². The van der Waals surface area contributed by atoms with Gasteiger partial charge >= 0.3 is 31.6 Å². The van der Waals surface area contributed by atoms with Gasteiger partial charge in [-0.2, -0.15) is 0 Å². The summed E-state index contributed by atoms with van der Waals surface area (Å²) in [7, 11) is -12.0. The second-order valence-electron chi connectivity index (χ2n) is 10.8. The molecule has 0 fully saturated rings. The number of carbonyl (C=O) groups excluding carboxylic acids is 1. The molecule has 293 valence electrons. The molecule has 9 nitrogen and oxygen atoms in total. The Morgan fingerprint density at radius 2 is 0.545 bits per heavy atom. The fourth-order valence-electron chi connectivity index (χ4n) is 4.36. The fourth-order valence-corrected chi connectivity index (χ4v) is 4.36. The normalized spacial score (nSPS) is 10.8. The average molecular weight is 820 g/mol. The van der Waals surface area contributed by atoms with Gasteiger partial charge in [-0.15, -0.1) is 0 Å². The maximum Gasteiger partial charge on any atom is 2.00 e. The third-order valence-electron chi connectivity index (χ3n) is 6.41. The minimum Gasteiger partial charge on any atom is -0.418 e. The van der Waals surface area contributed by atoms with E-state index in [0.29, 0.717) is 0 Å². The number of pyridine rings is 6. The van der Waals surface area contributed by atoms with Gasteiger partial charge in [0.05, 0.1) is 34.2 Å². The molecule has 20 heteroatoms. The summed E-state index contributed by atoms with van der Waals surface area (Å²) in [6.07, 6.45) is 10.4. The topological polar surface area (TPSA) is 146 Å². The molecule has 0 aliphatic heterocycles. The molecule has 6 aromatic heterocycles. The van der Waals surface area contributed by atoms with Crippen LogP contribution >= 0.6 is 0 Å². The predicted molar refractivity (Wildman–Crippen MR) is 190 cm³/mol. The summed E-state index contributed by atoms with van der Waals surface area (Å²) in [6, 6.07) is 34.0. The van der Waals surface area contributed by atoms with Gasteiger partial charge in [0.1, 0.15) is 16.9 Å². The van der Waals surface area contributed by atoms with E-state index in [-0.39, 0.29) is 22.9 Å². The summed E-state index contributed by atoms with van der Waals surface area (Å²) in [5, 5.41) is 0. The molecule has 0 bridgehead atoms. The van der Waals surface area contributed by atoms with Crippen molar-refractivity contribution in [3.63, 3.8) is 0 Å². The van der Waals surface area contributed by atoms with Crippen LogP contribution in [0, 0.1) is 0 Å². The number of ketones is 1. The molecule has 0 saturated heterocycles. The Kier molecular flexibility index (Phi) is 19.7. The zero-order valence-corrected chi connectivity index (χ0v) is 30.0. The van der Waals surface area contributed by atoms with Crippen molar-refractivity contribution in [2.45, 2.75) is 24.9 Å². The maximum atomic E-state index is 9.75. The summed E-state index contributed by atoms with van der Waals surface area (Å²) < 4.78 is 78.0. The number of hydrogen-bond donors (Lipinski definition) is 2. The summed E-state index contributed by atoms with van der Waals surface area (Å²) in [5.74, 6) is 0.167. The van der Waals surface area contributed by atoms with Crippen molar-refractivity contribution in [2.24, 2.45) is 11.5 Å². The number of rotatable bonds is 6. The Hall–Kier alpha value is -5.42. The predicted octanol–water partition coefficient (Wildman–Crippen LogP) is 7.44. The summed E-state index contributed by atoms with van der Waals surface area (Å²) in [4.78, 5) is 35.8. The van der Waals surface area contributed by atoms with Crippen molar-refractivity contribution in [2.75, 3.05) is 0 Å². The molecule has 6 aromatic rings. The third-order valence-corrected chi connectivity index (χ3v) is 6.41. The van der Waals surface area contributed by atoms with Gasteiger partial charge in [0.15, 0.2) is 0 Å². The molecular formula is C35H34B2CuF8N8O. The molecular weight excluding hydrogens is 786 g/mol. The Morgan fingerprint density at radius 1 is 0.418 bits per heavy atom. The molecule has 0 aromatic carbocycles. The number of halogens is 8. The standard InChI is InChI=1S/2C16H14N4.C3H6O.2BF4.Cu/c2*17-16(13-7-1-4-10-18-13,14-8-2-5-11-19-14)15-9-3-6-12-20-15;1-3(2)4;2*2-1(3,4)5;/h2*1-12H,17H2;1-2H3;;;/q;;;2*-1;+2. The van der Waals surface area contributed by atoms with Crippen LogP contribution in [0.25, 0.3) is 0 Å². The first kappa shape index (κ1) is 47.6. The zero-order chi connectivity index (χ0) is 40.3. The average Bonchev–Trinajstić information content (AvgIpc) is 3.15. The number of nitrogens with zero attached hydrogens (tertiary/aromatic N) is 6. The Balaban J connectivity index is 0.000000406. The molecule has 0 amide bonds. The Labute approximate surface area is 322 Å². The van der Waals surface area contributed by atoms with E-state index in [4.69, 9.17) is 11.5 Å². The SMILES string of the molecule is CC(C)=O.F[B-](F)(F)F.F[B-](F)(F)F.NC(c1ccccn1)(c1ccccn1)c1ccccn1.NC(c1ccccn1)(c1ccccn1)c1ccccn1.[Cu+2]. The van der Waals surface area contributed by atoms with Crippen LogP contribution in [-0.4, -0.2) is 50.2 Å². The van der Waals surface area contributed by atoms with Crippen LogP contribution in [0.4, 0.5) is 34.5 Å². The first-order valence-electron chi connectivity index (χ1n) is 15.7. The molecule has 0 atom stereocenters. The van der Waals surface area contributed by atoms with Crippen LogP contribution in [0.15, 0.2) is 146 Å². The van der Waals surface area contributed by atoms with Crippen molar-refractivity contribution in [3.05, 3.63) is 181 Å². The molecule has 0 saturated carbocycles. The van der Waals surface area contributed by atoms with Crippen LogP contribution in [0.1, 0.15) is 48.0 Å². The van der Waals surface area contributed by atoms with E-state index in [1.807, 2.05) is 109 Å². The molecule has 1 radical (unpaired) electrons. The molecule has 6 rings (SSSR count). The number of aromatic nitrogens is 6. The first-order valence-corrected chi connectivity index (χ1v) is 15.7. The van der Waals surface area contributed by atoms with E-state index in [9.17, 15) is 39.3 Å². The second-order valence-corrected chi connectivity index (χ2v) is 10.8. The minimum atomic E-state index is -6.00. The maximum absolute atomic E-state index is 9.75. The Morgan fingerprint density at radius 3 is 0.636 bits per heavy atom. The van der Waals surface area contributed by atoms with Crippen molar-refractivity contribution in [1.29, 1.82) is 0 Å². The third kappa shape index (κ3) is 17.1. The van der Waals surface area contributed by atoms with Gasteiger partial charge in [-0.3, -0.25) is 29.9 Å². The van der Waals surface area contributed by atoms with E-state index >= 15 is 0 Å². The van der Waals surface area contributed by atoms with Gasteiger partial charge in [-0.25, -0.2) is 0 Å². The largest absolute Gasteiger partial charge is 2.00 e. The van der Waals surface area contributed by atoms with Gasteiger partial charge in [-0.1, -0.05) is 36.4 Å². The van der Waals surface area contributed by atoms with Crippen molar-refractivity contribution in [1.82, 2.24) is 29.9 Å². The smallest absolute Gasteiger partial charge is 0.418 e. The van der Waals surface area contributed by atoms with E-state index in [2.05, 4.69) is 29.9 Å². The molecule has 55 heavy (non-hydrogen) atoms. The Bertz CT molecular complexity index is 1580. The molecule has 6 heterocycles. The summed E-state index contributed by atoms with van der Waals surface area (Å²) in [5.41, 5.74) is 15.8. The van der Waals surface area contributed by atoms with Gasteiger partial charge in [0.2, 0.25) is 0 Å². The van der Waals surface area contributed by atoms with Crippen LogP contribution in [0.3, 0.4) is 0 Å². The van der Waals surface area contributed by atoms with Gasteiger partial charge in [-0.05, 0) is 86.6 Å². The first-order chi connectivity index (χ1) is 25.4. The number of nitrogens with two attached hydrogens (primary N) is 2. The van der Waals surface area contributed by atoms with E-state index in [1.54, 1.807) is 37.2 Å². The zero-order valence-electron chi connectivity index (χ0n) is 29.1. The molecule has 0 aliphatic rings. The molecule has 0 aliphatic carbocycles. The van der Waals surface area contributed by atoms with Crippen LogP contribution in [0.5, 0.6) is 0 Å². The van der Waals surface area contributed by atoms with Crippen LogP contribution in [0.2, 0.25) is 0 Å². The monoisotopic (exact) mass is 819 g/mol. The number of hydrogen-bond acceptors (Lipinski definition) is 9. The molecule has 0 unspecified atom stereocenters. The number of Topliss-reactive ketones (excluding diaryl/α,β-unsaturated/α-hetero) is 1. The van der Waals surface area contributed by atoms with E-state index < -0.39 is 25.6 Å². The fraction of sp³-hybridized carbons (Fsp3) is 0.114. The van der Waals surface area contributed by atoms with Gasteiger partial charge < -0.3 is 50.8 Å². The van der Waals surface area contributed by atoms with E-state index in [0.717, 1.165) is 34.2 Å². The van der Waals surface area contributed by atoms with Crippen molar-refractivity contribution >= 4 is 20.3 Å². The second kappa shape index (κ2) is 22.7. The minimum absolute atomic E-state index is 0. The quantitative estimate of drug-likeness (QED) is 0.129. The van der Waals surface area contributed by atoms with Crippen molar-refractivity contribution < 1.29 is 56.4 Å².